The molecule has 6 heteroatoms. The minimum absolute atomic E-state index is 0.317. The van der Waals surface area contributed by atoms with Crippen molar-refractivity contribution < 1.29 is 0 Å². The van der Waals surface area contributed by atoms with Crippen molar-refractivity contribution in [3.8, 4) is 0 Å². The van der Waals surface area contributed by atoms with Crippen LogP contribution in [0.15, 0.2) is 6.07 Å². The van der Waals surface area contributed by atoms with E-state index in [2.05, 4.69) is 39.5 Å². The van der Waals surface area contributed by atoms with Crippen molar-refractivity contribution in [3.63, 3.8) is 0 Å². The molecule has 4 N–H and O–H groups in total. The van der Waals surface area contributed by atoms with Gasteiger partial charge in [-0.2, -0.15) is 9.97 Å². The normalized spacial score (nSPS) is 16.9. The van der Waals surface area contributed by atoms with Gasteiger partial charge in [-0.15, -0.1) is 0 Å². The fourth-order valence-corrected chi connectivity index (χ4v) is 2.66. The van der Waals surface area contributed by atoms with Gasteiger partial charge in [0.05, 0.1) is 0 Å². The van der Waals surface area contributed by atoms with E-state index in [-0.39, 0.29) is 0 Å². The van der Waals surface area contributed by atoms with Crippen molar-refractivity contribution in [1.82, 2.24) is 14.9 Å². The van der Waals surface area contributed by atoms with Gasteiger partial charge < -0.3 is 21.3 Å². The van der Waals surface area contributed by atoms with Crippen LogP contribution in [0.4, 0.5) is 17.6 Å². The van der Waals surface area contributed by atoms with Gasteiger partial charge in [-0.3, -0.25) is 0 Å². The number of rotatable bonds is 7. The summed E-state index contributed by atoms with van der Waals surface area (Å²) in [5.41, 5.74) is 5.75. The lowest BCUT2D eigenvalue weighted by Crippen LogP contribution is -2.30. The van der Waals surface area contributed by atoms with Crippen LogP contribution in [0.3, 0.4) is 0 Å². The summed E-state index contributed by atoms with van der Waals surface area (Å²) >= 11 is 0. The molecular formula is C15H28N6. The topological polar surface area (TPSA) is 79.1 Å². The highest BCUT2D eigenvalue weighted by molar-refractivity contribution is 5.50. The second-order valence-electron chi connectivity index (χ2n) is 5.89. The molecule has 0 atom stereocenters. The molecule has 0 aromatic carbocycles. The van der Waals surface area contributed by atoms with Gasteiger partial charge in [-0.05, 0) is 51.7 Å². The second kappa shape index (κ2) is 8.02. The van der Waals surface area contributed by atoms with Gasteiger partial charge in [-0.1, -0.05) is 6.92 Å². The average Bonchev–Trinajstić information content (AvgIpc) is 2.47. The molecule has 6 nitrogen and oxygen atoms in total. The molecule has 1 saturated heterocycles. The van der Waals surface area contributed by atoms with Crippen LogP contribution in [-0.2, 0) is 0 Å². The van der Waals surface area contributed by atoms with Crippen LogP contribution in [0, 0.1) is 5.92 Å². The van der Waals surface area contributed by atoms with Crippen molar-refractivity contribution in [2.24, 2.45) is 5.92 Å². The highest BCUT2D eigenvalue weighted by Crippen LogP contribution is 2.20. The second-order valence-corrected chi connectivity index (χ2v) is 5.89. The highest BCUT2D eigenvalue weighted by atomic mass is 15.1. The fraction of sp³-hybridized carbons (Fsp3) is 0.733. The maximum atomic E-state index is 5.75. The first-order valence-corrected chi connectivity index (χ1v) is 7.98. The number of nitrogen functional groups attached to an aromatic ring is 1. The van der Waals surface area contributed by atoms with Crippen molar-refractivity contribution >= 4 is 17.6 Å². The van der Waals surface area contributed by atoms with Crippen molar-refractivity contribution in [1.29, 1.82) is 0 Å². The zero-order valence-electron chi connectivity index (χ0n) is 13.2. The third-order valence-electron chi connectivity index (χ3n) is 4.00. The lowest BCUT2D eigenvalue weighted by molar-refractivity contribution is 0.215. The zero-order chi connectivity index (χ0) is 15.1. The Morgan fingerprint density at radius 2 is 1.81 bits per heavy atom. The van der Waals surface area contributed by atoms with Crippen LogP contribution in [0.25, 0.3) is 0 Å². The molecule has 0 spiro atoms. The van der Waals surface area contributed by atoms with Crippen molar-refractivity contribution in [2.75, 3.05) is 49.6 Å². The Kier molecular flexibility index (Phi) is 6.04. The number of aromatic nitrogens is 2. The maximum Gasteiger partial charge on any atom is 0.223 e. The molecule has 1 aromatic rings. The Morgan fingerprint density at radius 1 is 1.19 bits per heavy atom. The first-order chi connectivity index (χ1) is 10.2. The Balaban J connectivity index is 1.78. The molecular weight excluding hydrogens is 264 g/mol. The summed E-state index contributed by atoms with van der Waals surface area (Å²) in [6.07, 6.45) is 4.85. The fourth-order valence-electron chi connectivity index (χ4n) is 2.66. The monoisotopic (exact) mass is 292 g/mol. The predicted molar refractivity (Wildman–Crippen MR) is 88.6 cm³/mol. The standard InChI is InChI=1S/C15H28N6/c1-3-7-17-13-11-14(20-15(16)19-13)18-8-4-12-5-9-21(2)10-6-12/h11-12H,3-10H2,1-2H3,(H4,16,17,18,19,20). The molecule has 21 heavy (non-hydrogen) atoms. The summed E-state index contributed by atoms with van der Waals surface area (Å²) in [4.78, 5) is 10.8. The summed E-state index contributed by atoms with van der Waals surface area (Å²) in [7, 11) is 2.20. The lowest BCUT2D eigenvalue weighted by Gasteiger charge is -2.28. The number of nitrogens with two attached hydrogens (primary N) is 1. The summed E-state index contributed by atoms with van der Waals surface area (Å²) in [5, 5.41) is 6.62. The van der Waals surface area contributed by atoms with Crippen molar-refractivity contribution in [2.45, 2.75) is 32.6 Å². The van der Waals surface area contributed by atoms with E-state index in [9.17, 15) is 0 Å². The zero-order valence-corrected chi connectivity index (χ0v) is 13.2. The summed E-state index contributed by atoms with van der Waals surface area (Å²) < 4.78 is 0. The van der Waals surface area contributed by atoms with Crippen LogP contribution in [-0.4, -0.2) is 48.1 Å². The minimum Gasteiger partial charge on any atom is -0.370 e. The molecule has 1 fully saturated rings. The van der Waals surface area contributed by atoms with E-state index in [1.54, 1.807) is 0 Å². The van der Waals surface area contributed by atoms with Gasteiger partial charge in [-0.25, -0.2) is 0 Å². The van der Waals surface area contributed by atoms with Gasteiger partial charge >= 0.3 is 0 Å². The summed E-state index contributed by atoms with van der Waals surface area (Å²) in [6, 6.07) is 1.93. The third-order valence-corrected chi connectivity index (χ3v) is 4.00. The van der Waals surface area contributed by atoms with Crippen LogP contribution < -0.4 is 16.4 Å². The van der Waals surface area contributed by atoms with Gasteiger partial charge in [0.15, 0.2) is 0 Å². The van der Waals surface area contributed by atoms with E-state index >= 15 is 0 Å². The lowest BCUT2D eigenvalue weighted by atomic mass is 9.94. The largest absolute Gasteiger partial charge is 0.370 e. The van der Waals surface area contributed by atoms with E-state index in [0.717, 1.165) is 37.1 Å². The molecule has 0 aliphatic carbocycles. The van der Waals surface area contributed by atoms with Crippen molar-refractivity contribution in [3.05, 3.63) is 6.07 Å². The minimum atomic E-state index is 0.317. The SMILES string of the molecule is CCCNc1cc(NCCC2CCN(C)CC2)nc(N)n1. The number of nitrogens with one attached hydrogen (secondary N) is 2. The summed E-state index contributed by atoms with van der Waals surface area (Å²) in [6.45, 7) is 6.40. The number of piperidine rings is 1. The first-order valence-electron chi connectivity index (χ1n) is 7.98. The predicted octanol–water partition coefficient (Wildman–Crippen LogP) is 2.02. The molecule has 1 aliphatic heterocycles. The highest BCUT2D eigenvalue weighted by Gasteiger charge is 2.16. The molecule has 0 radical (unpaired) electrons. The number of likely N-dealkylation sites (tertiary alicyclic amines) is 1. The van der Waals surface area contributed by atoms with Gasteiger partial charge in [0, 0.05) is 19.2 Å². The van der Waals surface area contributed by atoms with Crippen LogP contribution in [0.5, 0.6) is 0 Å². The van der Waals surface area contributed by atoms with Crippen LogP contribution in [0.1, 0.15) is 32.6 Å². The van der Waals surface area contributed by atoms with Crippen LogP contribution >= 0.6 is 0 Å². The summed E-state index contributed by atoms with van der Waals surface area (Å²) in [5.74, 6) is 2.75. The van der Waals surface area contributed by atoms with Crippen LogP contribution in [0.2, 0.25) is 0 Å². The number of nitrogens with zero attached hydrogens (tertiary/aromatic N) is 3. The molecule has 0 bridgehead atoms. The number of hydrogen-bond acceptors (Lipinski definition) is 6. The molecule has 0 saturated carbocycles. The van der Waals surface area contributed by atoms with E-state index < -0.39 is 0 Å². The van der Waals surface area contributed by atoms with E-state index in [4.69, 9.17) is 5.73 Å². The molecule has 118 valence electrons. The van der Waals surface area contributed by atoms with Gasteiger partial charge in [0.1, 0.15) is 11.6 Å². The number of hydrogen-bond donors (Lipinski definition) is 3. The first kappa shape index (κ1) is 15.8. The molecule has 2 heterocycles. The van der Waals surface area contributed by atoms with E-state index in [1.165, 1.54) is 32.4 Å². The molecule has 0 amide bonds. The van der Waals surface area contributed by atoms with E-state index in [1.807, 2.05) is 6.07 Å². The molecule has 2 rings (SSSR count). The Morgan fingerprint density at radius 3 is 2.43 bits per heavy atom. The Labute approximate surface area is 127 Å². The van der Waals surface area contributed by atoms with E-state index in [0.29, 0.717) is 5.95 Å². The molecule has 1 aliphatic rings. The Hall–Kier alpha value is -1.56. The average molecular weight is 292 g/mol. The van der Waals surface area contributed by atoms with Gasteiger partial charge in [0.25, 0.3) is 0 Å². The smallest absolute Gasteiger partial charge is 0.223 e. The van der Waals surface area contributed by atoms with Gasteiger partial charge in [0.2, 0.25) is 5.95 Å². The Bertz CT molecular complexity index is 428. The number of anilines is 3. The maximum absolute atomic E-state index is 5.75. The quantitative estimate of drug-likeness (QED) is 0.713. The third kappa shape index (κ3) is 5.38. The molecule has 0 unspecified atom stereocenters. The molecule has 1 aromatic heterocycles.